The second-order valence-corrected chi connectivity index (χ2v) is 4.47. The number of hydrogen-bond donors (Lipinski definition) is 1. The lowest BCUT2D eigenvalue weighted by Crippen LogP contribution is -2.21. The first kappa shape index (κ1) is 7.32. The van der Waals surface area contributed by atoms with Crippen molar-refractivity contribution in [1.29, 1.82) is 0 Å². The Morgan fingerprint density at radius 1 is 1.55 bits per heavy atom. The van der Waals surface area contributed by atoms with Crippen molar-refractivity contribution in [2.24, 2.45) is 5.73 Å². The van der Waals surface area contributed by atoms with Crippen molar-refractivity contribution < 1.29 is 0 Å². The molecule has 1 aromatic rings. The SMILES string of the molecule is NC1(CCc2cccs2)CC1. The summed E-state index contributed by atoms with van der Waals surface area (Å²) in [5, 5.41) is 2.13. The van der Waals surface area contributed by atoms with E-state index < -0.39 is 0 Å². The zero-order valence-corrected chi connectivity index (χ0v) is 7.36. The second-order valence-electron chi connectivity index (χ2n) is 3.44. The fourth-order valence-corrected chi connectivity index (χ4v) is 1.95. The van der Waals surface area contributed by atoms with Gasteiger partial charge in [-0.25, -0.2) is 0 Å². The van der Waals surface area contributed by atoms with E-state index in [1.807, 2.05) is 11.3 Å². The molecule has 1 aliphatic rings. The molecule has 1 fully saturated rings. The van der Waals surface area contributed by atoms with Gasteiger partial charge in [-0.15, -0.1) is 11.3 Å². The molecule has 1 heterocycles. The minimum absolute atomic E-state index is 0.226. The smallest absolute Gasteiger partial charge is 0.0159 e. The molecule has 2 rings (SSSR count). The molecule has 1 aromatic heterocycles. The molecular weight excluding hydrogens is 154 g/mol. The van der Waals surface area contributed by atoms with Gasteiger partial charge in [0.05, 0.1) is 0 Å². The molecule has 0 aliphatic heterocycles. The van der Waals surface area contributed by atoms with Gasteiger partial charge in [-0.2, -0.15) is 0 Å². The van der Waals surface area contributed by atoms with E-state index >= 15 is 0 Å². The van der Waals surface area contributed by atoms with Gasteiger partial charge in [0.1, 0.15) is 0 Å². The molecule has 0 atom stereocenters. The maximum absolute atomic E-state index is 5.97. The lowest BCUT2D eigenvalue weighted by molar-refractivity contribution is 0.612. The summed E-state index contributed by atoms with van der Waals surface area (Å²) in [5.74, 6) is 0. The van der Waals surface area contributed by atoms with Crippen LogP contribution < -0.4 is 5.73 Å². The lowest BCUT2D eigenvalue weighted by atomic mass is 10.1. The molecule has 0 spiro atoms. The zero-order valence-electron chi connectivity index (χ0n) is 6.55. The first-order valence-electron chi connectivity index (χ1n) is 4.10. The van der Waals surface area contributed by atoms with Crippen LogP contribution in [0.1, 0.15) is 24.1 Å². The van der Waals surface area contributed by atoms with Crippen molar-refractivity contribution in [3.8, 4) is 0 Å². The zero-order chi connectivity index (χ0) is 7.73. The minimum Gasteiger partial charge on any atom is -0.325 e. The van der Waals surface area contributed by atoms with Gasteiger partial charge in [0.15, 0.2) is 0 Å². The average Bonchev–Trinajstić information content (AvgIpc) is 2.53. The Morgan fingerprint density at radius 3 is 2.91 bits per heavy atom. The van der Waals surface area contributed by atoms with Gasteiger partial charge in [-0.1, -0.05) is 6.07 Å². The van der Waals surface area contributed by atoms with Gasteiger partial charge in [0.25, 0.3) is 0 Å². The summed E-state index contributed by atoms with van der Waals surface area (Å²) < 4.78 is 0. The summed E-state index contributed by atoms with van der Waals surface area (Å²) >= 11 is 1.84. The largest absolute Gasteiger partial charge is 0.325 e. The van der Waals surface area contributed by atoms with E-state index in [2.05, 4.69) is 17.5 Å². The van der Waals surface area contributed by atoms with Crippen LogP contribution in [0.25, 0.3) is 0 Å². The van der Waals surface area contributed by atoms with Crippen molar-refractivity contribution in [2.75, 3.05) is 0 Å². The summed E-state index contributed by atoms with van der Waals surface area (Å²) in [4.78, 5) is 1.47. The number of nitrogens with two attached hydrogens (primary N) is 1. The summed E-state index contributed by atoms with van der Waals surface area (Å²) in [5.41, 5.74) is 6.19. The first-order valence-corrected chi connectivity index (χ1v) is 4.98. The highest BCUT2D eigenvalue weighted by Crippen LogP contribution is 2.36. The van der Waals surface area contributed by atoms with Gasteiger partial charge in [-0.05, 0) is 37.1 Å². The Bertz CT molecular complexity index is 224. The minimum atomic E-state index is 0.226. The molecule has 1 saturated carbocycles. The summed E-state index contributed by atoms with van der Waals surface area (Å²) in [6.45, 7) is 0. The van der Waals surface area contributed by atoms with Crippen molar-refractivity contribution in [2.45, 2.75) is 31.2 Å². The van der Waals surface area contributed by atoms with Crippen LogP contribution in [0.15, 0.2) is 17.5 Å². The Labute approximate surface area is 71.2 Å². The number of aryl methyl sites for hydroxylation is 1. The molecule has 0 unspecified atom stereocenters. The highest BCUT2D eigenvalue weighted by Gasteiger charge is 2.37. The van der Waals surface area contributed by atoms with Crippen LogP contribution in [0.3, 0.4) is 0 Å². The van der Waals surface area contributed by atoms with E-state index in [0.29, 0.717) is 0 Å². The fraction of sp³-hybridized carbons (Fsp3) is 0.556. The van der Waals surface area contributed by atoms with Gasteiger partial charge in [-0.3, -0.25) is 0 Å². The molecule has 0 aromatic carbocycles. The van der Waals surface area contributed by atoms with E-state index in [0.717, 1.165) is 0 Å². The Morgan fingerprint density at radius 2 is 2.36 bits per heavy atom. The normalized spacial score (nSPS) is 20.1. The lowest BCUT2D eigenvalue weighted by Gasteiger charge is -2.05. The van der Waals surface area contributed by atoms with Crippen LogP contribution in [0.2, 0.25) is 0 Å². The van der Waals surface area contributed by atoms with E-state index in [4.69, 9.17) is 5.73 Å². The molecular formula is C9H13NS. The molecule has 2 heteroatoms. The standard InChI is InChI=1S/C9H13NS/c10-9(5-6-9)4-3-8-2-1-7-11-8/h1-2,7H,3-6,10H2. The maximum atomic E-state index is 5.97. The predicted octanol–water partition coefficient (Wildman–Crippen LogP) is 2.17. The van der Waals surface area contributed by atoms with Crippen molar-refractivity contribution >= 4 is 11.3 Å². The topological polar surface area (TPSA) is 26.0 Å². The third kappa shape index (κ3) is 1.82. The number of thiophene rings is 1. The van der Waals surface area contributed by atoms with Crippen LogP contribution in [0.4, 0.5) is 0 Å². The van der Waals surface area contributed by atoms with Crippen LogP contribution in [0.5, 0.6) is 0 Å². The Balaban J connectivity index is 1.83. The van der Waals surface area contributed by atoms with Gasteiger partial charge < -0.3 is 5.73 Å². The molecule has 1 nitrogen and oxygen atoms in total. The maximum Gasteiger partial charge on any atom is 0.0159 e. The first-order chi connectivity index (χ1) is 5.29. The summed E-state index contributed by atoms with van der Waals surface area (Å²) in [7, 11) is 0. The Kier molecular flexibility index (Phi) is 1.74. The molecule has 0 radical (unpaired) electrons. The van der Waals surface area contributed by atoms with Crippen molar-refractivity contribution in [1.82, 2.24) is 0 Å². The van der Waals surface area contributed by atoms with Gasteiger partial charge in [0, 0.05) is 10.4 Å². The van der Waals surface area contributed by atoms with Crippen molar-refractivity contribution in [3.63, 3.8) is 0 Å². The fourth-order valence-electron chi connectivity index (χ4n) is 1.24. The molecule has 0 amide bonds. The molecule has 0 saturated heterocycles. The molecule has 1 aliphatic carbocycles. The summed E-state index contributed by atoms with van der Waals surface area (Å²) in [6.07, 6.45) is 4.82. The number of hydrogen-bond acceptors (Lipinski definition) is 2. The molecule has 11 heavy (non-hydrogen) atoms. The van der Waals surface area contributed by atoms with Crippen LogP contribution in [0, 0.1) is 0 Å². The molecule has 60 valence electrons. The average molecular weight is 167 g/mol. The quantitative estimate of drug-likeness (QED) is 0.733. The van der Waals surface area contributed by atoms with E-state index in [-0.39, 0.29) is 5.54 Å². The highest BCUT2D eigenvalue weighted by molar-refractivity contribution is 7.09. The predicted molar refractivity (Wildman–Crippen MR) is 48.8 cm³/mol. The third-order valence-corrected chi connectivity index (χ3v) is 3.28. The van der Waals surface area contributed by atoms with E-state index in [9.17, 15) is 0 Å². The van der Waals surface area contributed by atoms with Crippen molar-refractivity contribution in [3.05, 3.63) is 22.4 Å². The summed E-state index contributed by atoms with van der Waals surface area (Å²) in [6, 6.07) is 4.30. The van der Waals surface area contributed by atoms with Crippen LogP contribution in [-0.2, 0) is 6.42 Å². The van der Waals surface area contributed by atoms with Crippen LogP contribution >= 0.6 is 11.3 Å². The Hall–Kier alpha value is -0.340. The van der Waals surface area contributed by atoms with Crippen LogP contribution in [-0.4, -0.2) is 5.54 Å². The van der Waals surface area contributed by atoms with Gasteiger partial charge in [0.2, 0.25) is 0 Å². The number of rotatable bonds is 3. The van der Waals surface area contributed by atoms with E-state index in [1.165, 1.54) is 30.6 Å². The van der Waals surface area contributed by atoms with E-state index in [1.54, 1.807) is 0 Å². The monoisotopic (exact) mass is 167 g/mol. The molecule has 2 N–H and O–H groups in total. The molecule has 0 bridgehead atoms. The second kappa shape index (κ2) is 2.61. The highest BCUT2D eigenvalue weighted by atomic mass is 32.1. The van der Waals surface area contributed by atoms with Gasteiger partial charge >= 0.3 is 0 Å². The third-order valence-electron chi connectivity index (χ3n) is 2.34.